The Morgan fingerprint density at radius 1 is 1.40 bits per heavy atom. The number of nitrogens with zero attached hydrogens (tertiary/aromatic N) is 1. The number of benzene rings is 1. The van der Waals surface area contributed by atoms with E-state index in [2.05, 4.69) is 66.1 Å². The smallest absolute Gasteiger partial charge is 0.148 e. The molecule has 0 bridgehead atoms. The Labute approximate surface area is 130 Å². The van der Waals surface area contributed by atoms with Crippen LogP contribution in [-0.4, -0.2) is 37.7 Å². The molecule has 0 amide bonds. The average Bonchev–Trinajstić information content (AvgIpc) is 2.37. The molecule has 0 spiro atoms. The maximum atomic E-state index is 5.56. The van der Waals surface area contributed by atoms with Gasteiger partial charge in [-0.3, -0.25) is 0 Å². The van der Waals surface area contributed by atoms with Crippen LogP contribution in [0.4, 0.5) is 0 Å². The molecule has 0 aliphatic carbocycles. The number of hydrogen-bond acceptors (Lipinski definition) is 3. The standard InChI is InChI=1S/C16H23BrN2O/c1-6-9-20-15-8-7-14(17)10-13(15)11-18-12-16(2,3)19(4)5/h1,7-8,10,18H,9,11-12H2,2-5H3. The first-order valence-corrected chi connectivity index (χ1v) is 7.39. The van der Waals surface area contributed by atoms with E-state index in [1.54, 1.807) is 0 Å². The third-order valence-electron chi connectivity index (χ3n) is 3.42. The van der Waals surface area contributed by atoms with Gasteiger partial charge in [0.2, 0.25) is 0 Å². The minimum Gasteiger partial charge on any atom is -0.481 e. The van der Waals surface area contributed by atoms with E-state index in [1.165, 1.54) is 0 Å². The molecule has 1 N–H and O–H groups in total. The van der Waals surface area contributed by atoms with Gasteiger partial charge in [-0.2, -0.15) is 0 Å². The lowest BCUT2D eigenvalue weighted by Crippen LogP contribution is -2.46. The van der Waals surface area contributed by atoms with Gasteiger partial charge < -0.3 is 15.0 Å². The summed E-state index contributed by atoms with van der Waals surface area (Å²) in [6.45, 7) is 6.34. The van der Waals surface area contributed by atoms with E-state index in [4.69, 9.17) is 11.2 Å². The SMILES string of the molecule is C#CCOc1ccc(Br)cc1CNCC(C)(C)N(C)C. The predicted molar refractivity (Wildman–Crippen MR) is 87.9 cm³/mol. The van der Waals surface area contributed by atoms with Gasteiger partial charge in [0.05, 0.1) is 0 Å². The van der Waals surface area contributed by atoms with Crippen molar-refractivity contribution in [1.29, 1.82) is 0 Å². The van der Waals surface area contributed by atoms with Crippen LogP contribution in [0, 0.1) is 12.3 Å². The minimum absolute atomic E-state index is 0.103. The highest BCUT2D eigenvalue weighted by atomic mass is 79.9. The van der Waals surface area contributed by atoms with Crippen molar-refractivity contribution in [1.82, 2.24) is 10.2 Å². The molecule has 1 aromatic carbocycles. The zero-order chi connectivity index (χ0) is 15.2. The zero-order valence-corrected chi connectivity index (χ0v) is 14.3. The molecule has 0 saturated heterocycles. The van der Waals surface area contributed by atoms with Crippen LogP contribution in [0.5, 0.6) is 5.75 Å². The highest BCUT2D eigenvalue weighted by molar-refractivity contribution is 9.10. The van der Waals surface area contributed by atoms with Crippen molar-refractivity contribution in [3.63, 3.8) is 0 Å². The van der Waals surface area contributed by atoms with Gasteiger partial charge in [0.15, 0.2) is 0 Å². The molecule has 0 atom stereocenters. The second-order valence-electron chi connectivity index (χ2n) is 5.56. The number of terminal acetylenes is 1. The maximum Gasteiger partial charge on any atom is 0.148 e. The van der Waals surface area contributed by atoms with Crippen LogP contribution >= 0.6 is 15.9 Å². The predicted octanol–water partition coefficient (Wildman–Crippen LogP) is 2.89. The summed E-state index contributed by atoms with van der Waals surface area (Å²) in [6, 6.07) is 5.95. The summed E-state index contributed by atoms with van der Waals surface area (Å²) < 4.78 is 6.60. The molecule has 0 aliphatic heterocycles. The Kier molecular flexibility index (Phi) is 6.54. The molecule has 0 unspecified atom stereocenters. The van der Waals surface area contributed by atoms with Crippen LogP contribution in [0.25, 0.3) is 0 Å². The molecule has 0 aliphatic rings. The Bertz CT molecular complexity index is 478. The van der Waals surface area contributed by atoms with Crippen LogP contribution in [0.3, 0.4) is 0 Å². The number of rotatable bonds is 7. The van der Waals surface area contributed by atoms with Crippen LogP contribution in [0.15, 0.2) is 22.7 Å². The summed E-state index contributed by atoms with van der Waals surface area (Å²) in [7, 11) is 4.17. The molecular formula is C16H23BrN2O. The molecule has 3 nitrogen and oxygen atoms in total. The Morgan fingerprint density at radius 2 is 2.10 bits per heavy atom. The maximum absolute atomic E-state index is 5.56. The summed E-state index contributed by atoms with van der Waals surface area (Å²) in [5.41, 5.74) is 1.20. The third kappa shape index (κ3) is 5.16. The lowest BCUT2D eigenvalue weighted by Gasteiger charge is -2.32. The molecule has 0 heterocycles. The van der Waals surface area contributed by atoms with Crippen molar-refractivity contribution in [3.05, 3.63) is 28.2 Å². The molecule has 1 rings (SSSR count). The van der Waals surface area contributed by atoms with Crippen molar-refractivity contribution in [2.24, 2.45) is 0 Å². The Balaban J connectivity index is 2.67. The van der Waals surface area contributed by atoms with E-state index in [1.807, 2.05) is 12.1 Å². The summed E-state index contributed by atoms with van der Waals surface area (Å²) in [4.78, 5) is 2.21. The fourth-order valence-corrected chi connectivity index (χ4v) is 2.02. The second-order valence-corrected chi connectivity index (χ2v) is 6.47. The van der Waals surface area contributed by atoms with Gasteiger partial charge in [0, 0.05) is 28.7 Å². The monoisotopic (exact) mass is 338 g/mol. The van der Waals surface area contributed by atoms with Crippen LogP contribution in [0.2, 0.25) is 0 Å². The zero-order valence-electron chi connectivity index (χ0n) is 12.7. The highest BCUT2D eigenvalue weighted by Gasteiger charge is 2.19. The van der Waals surface area contributed by atoms with E-state index < -0.39 is 0 Å². The molecule has 20 heavy (non-hydrogen) atoms. The van der Waals surface area contributed by atoms with Gasteiger partial charge in [-0.15, -0.1) is 6.42 Å². The van der Waals surface area contributed by atoms with Crippen LogP contribution < -0.4 is 10.1 Å². The quantitative estimate of drug-likeness (QED) is 0.773. The van der Waals surface area contributed by atoms with E-state index in [0.29, 0.717) is 0 Å². The van der Waals surface area contributed by atoms with E-state index in [0.717, 1.165) is 28.9 Å². The van der Waals surface area contributed by atoms with Crippen molar-refractivity contribution in [3.8, 4) is 18.1 Å². The average molecular weight is 339 g/mol. The van der Waals surface area contributed by atoms with Crippen molar-refractivity contribution >= 4 is 15.9 Å². The fraction of sp³-hybridized carbons (Fsp3) is 0.500. The number of nitrogens with one attached hydrogen (secondary N) is 1. The first-order chi connectivity index (χ1) is 9.36. The van der Waals surface area contributed by atoms with Crippen LogP contribution in [-0.2, 0) is 6.54 Å². The van der Waals surface area contributed by atoms with Gasteiger partial charge in [-0.05, 0) is 46.1 Å². The molecule has 0 aromatic heterocycles. The van der Waals surface area contributed by atoms with Crippen molar-refractivity contribution < 1.29 is 4.74 Å². The minimum atomic E-state index is 0.103. The second kappa shape index (κ2) is 7.68. The summed E-state index contributed by atoms with van der Waals surface area (Å²) in [5.74, 6) is 3.33. The molecule has 110 valence electrons. The molecule has 0 saturated carbocycles. The van der Waals surface area contributed by atoms with Gasteiger partial charge in [0.1, 0.15) is 12.4 Å². The van der Waals surface area contributed by atoms with E-state index in [9.17, 15) is 0 Å². The van der Waals surface area contributed by atoms with Gasteiger partial charge in [-0.25, -0.2) is 0 Å². The summed E-state index contributed by atoms with van der Waals surface area (Å²) in [5, 5.41) is 3.47. The fourth-order valence-electron chi connectivity index (χ4n) is 1.61. The van der Waals surface area contributed by atoms with E-state index in [-0.39, 0.29) is 12.1 Å². The lowest BCUT2D eigenvalue weighted by molar-refractivity contribution is 0.189. The van der Waals surface area contributed by atoms with Crippen molar-refractivity contribution in [2.45, 2.75) is 25.9 Å². The molecule has 0 fully saturated rings. The number of likely N-dealkylation sites (N-methyl/N-ethyl adjacent to an activating group) is 1. The lowest BCUT2D eigenvalue weighted by atomic mass is 10.0. The number of ether oxygens (including phenoxy) is 1. The number of hydrogen-bond donors (Lipinski definition) is 1. The topological polar surface area (TPSA) is 24.5 Å². The normalized spacial score (nSPS) is 11.4. The van der Waals surface area contributed by atoms with Gasteiger partial charge in [0.25, 0.3) is 0 Å². The highest BCUT2D eigenvalue weighted by Crippen LogP contribution is 2.23. The molecule has 0 radical (unpaired) electrons. The summed E-state index contributed by atoms with van der Waals surface area (Å²) >= 11 is 3.49. The first-order valence-electron chi connectivity index (χ1n) is 6.59. The Morgan fingerprint density at radius 3 is 2.70 bits per heavy atom. The van der Waals surface area contributed by atoms with Gasteiger partial charge in [-0.1, -0.05) is 21.9 Å². The molecule has 4 heteroatoms. The third-order valence-corrected chi connectivity index (χ3v) is 3.91. The molecule has 1 aromatic rings. The van der Waals surface area contributed by atoms with Gasteiger partial charge >= 0.3 is 0 Å². The largest absolute Gasteiger partial charge is 0.481 e. The summed E-state index contributed by atoms with van der Waals surface area (Å²) in [6.07, 6.45) is 5.24. The first kappa shape index (κ1) is 17.0. The molecular weight excluding hydrogens is 316 g/mol. The van der Waals surface area contributed by atoms with E-state index >= 15 is 0 Å². The Hall–Kier alpha value is -1.02. The van der Waals surface area contributed by atoms with Crippen LogP contribution in [0.1, 0.15) is 19.4 Å². The van der Waals surface area contributed by atoms with Crippen molar-refractivity contribution in [2.75, 3.05) is 27.2 Å². The number of halogens is 1.